The third-order valence-electron chi connectivity index (χ3n) is 5.28. The van der Waals surface area contributed by atoms with Crippen LogP contribution in [0.2, 0.25) is 0 Å². The van der Waals surface area contributed by atoms with Crippen LogP contribution in [0, 0.1) is 6.92 Å². The quantitative estimate of drug-likeness (QED) is 0.314. The maximum Gasteiger partial charge on any atom is 0.416 e. The molecular formula is C26H23F3N4O. The van der Waals surface area contributed by atoms with Gasteiger partial charge in [-0.25, -0.2) is 9.97 Å². The normalized spacial score (nSPS) is 11.2. The second-order valence-corrected chi connectivity index (χ2v) is 7.61. The number of nitrogens with one attached hydrogen (secondary N) is 2. The molecule has 0 saturated carbocycles. The predicted octanol–water partition coefficient (Wildman–Crippen LogP) is 6.84. The van der Waals surface area contributed by atoms with Crippen molar-refractivity contribution in [2.45, 2.75) is 19.6 Å². The monoisotopic (exact) mass is 464 g/mol. The van der Waals surface area contributed by atoms with Gasteiger partial charge in [0, 0.05) is 34.7 Å². The Bertz CT molecular complexity index is 1240. The van der Waals surface area contributed by atoms with Crippen molar-refractivity contribution in [3.8, 4) is 17.1 Å². The lowest BCUT2D eigenvalue weighted by Crippen LogP contribution is -2.10. The van der Waals surface area contributed by atoms with E-state index in [-0.39, 0.29) is 0 Å². The van der Waals surface area contributed by atoms with Crippen LogP contribution >= 0.6 is 0 Å². The molecule has 0 radical (unpaired) electrons. The Hall–Kier alpha value is -4.07. The Kier molecular flexibility index (Phi) is 6.67. The standard InChI is InChI=1S/C26H23F3N4O/c1-17-23(16-30-20-10-8-19(9-11-20)26(27,28)29)25(32-21-12-14-22(34-2)15-13-21)33-24(31-17)18-6-4-3-5-7-18/h3-15,30H,16H2,1-2H3,(H,31,32,33). The molecule has 5 nitrogen and oxygen atoms in total. The van der Waals surface area contributed by atoms with Crippen LogP contribution in [0.1, 0.15) is 16.8 Å². The zero-order chi connectivity index (χ0) is 24.1. The number of nitrogens with zero attached hydrogens (tertiary/aromatic N) is 2. The molecule has 0 atom stereocenters. The van der Waals surface area contributed by atoms with Crippen molar-refractivity contribution in [2.75, 3.05) is 17.7 Å². The molecule has 8 heteroatoms. The third-order valence-corrected chi connectivity index (χ3v) is 5.28. The van der Waals surface area contributed by atoms with E-state index in [1.54, 1.807) is 7.11 Å². The Morgan fingerprint density at radius 1 is 0.824 bits per heavy atom. The molecule has 2 N–H and O–H groups in total. The van der Waals surface area contributed by atoms with Crippen molar-refractivity contribution in [2.24, 2.45) is 0 Å². The van der Waals surface area contributed by atoms with E-state index < -0.39 is 11.7 Å². The molecule has 174 valence electrons. The number of ether oxygens (including phenoxy) is 1. The predicted molar refractivity (Wildman–Crippen MR) is 127 cm³/mol. The second-order valence-electron chi connectivity index (χ2n) is 7.61. The Morgan fingerprint density at radius 3 is 2.09 bits per heavy atom. The highest BCUT2D eigenvalue weighted by Gasteiger charge is 2.29. The summed E-state index contributed by atoms with van der Waals surface area (Å²) in [6.07, 6.45) is -4.37. The highest BCUT2D eigenvalue weighted by molar-refractivity contribution is 5.66. The summed E-state index contributed by atoms with van der Waals surface area (Å²) in [4.78, 5) is 9.43. The Balaban J connectivity index is 1.64. The lowest BCUT2D eigenvalue weighted by Gasteiger charge is -2.17. The van der Waals surface area contributed by atoms with Gasteiger partial charge < -0.3 is 15.4 Å². The fraction of sp³-hybridized carbons (Fsp3) is 0.154. The van der Waals surface area contributed by atoms with Crippen molar-refractivity contribution in [3.05, 3.63) is 95.7 Å². The largest absolute Gasteiger partial charge is 0.497 e. The molecule has 4 aromatic rings. The lowest BCUT2D eigenvalue weighted by molar-refractivity contribution is -0.137. The highest BCUT2D eigenvalue weighted by Crippen LogP contribution is 2.31. The summed E-state index contributed by atoms with van der Waals surface area (Å²) in [6, 6.07) is 22.0. The van der Waals surface area contributed by atoms with Crippen molar-refractivity contribution >= 4 is 17.2 Å². The van der Waals surface area contributed by atoms with E-state index in [0.717, 1.165) is 40.4 Å². The van der Waals surface area contributed by atoms with Gasteiger partial charge in [-0.2, -0.15) is 13.2 Å². The number of aryl methyl sites for hydroxylation is 1. The summed E-state index contributed by atoms with van der Waals surface area (Å²) in [5.74, 6) is 1.92. The van der Waals surface area contributed by atoms with E-state index in [9.17, 15) is 13.2 Å². The first-order valence-corrected chi connectivity index (χ1v) is 10.6. The van der Waals surface area contributed by atoms with Crippen molar-refractivity contribution in [1.29, 1.82) is 0 Å². The zero-order valence-corrected chi connectivity index (χ0v) is 18.6. The van der Waals surface area contributed by atoms with Gasteiger partial charge >= 0.3 is 6.18 Å². The van der Waals surface area contributed by atoms with Crippen molar-refractivity contribution < 1.29 is 17.9 Å². The second kappa shape index (κ2) is 9.82. The number of aromatic nitrogens is 2. The molecule has 0 aliphatic rings. The minimum atomic E-state index is -4.37. The molecule has 0 spiro atoms. The zero-order valence-electron chi connectivity index (χ0n) is 18.6. The van der Waals surface area contributed by atoms with Gasteiger partial charge in [-0.3, -0.25) is 0 Å². The third kappa shape index (κ3) is 5.46. The number of methoxy groups -OCH3 is 1. The molecule has 34 heavy (non-hydrogen) atoms. The van der Waals surface area contributed by atoms with Crippen LogP contribution < -0.4 is 15.4 Å². The molecule has 1 aromatic heterocycles. The van der Waals surface area contributed by atoms with Crippen LogP contribution in [0.3, 0.4) is 0 Å². The van der Waals surface area contributed by atoms with E-state index in [0.29, 0.717) is 23.9 Å². The maximum atomic E-state index is 12.9. The average Bonchev–Trinajstić information content (AvgIpc) is 2.84. The summed E-state index contributed by atoms with van der Waals surface area (Å²) >= 11 is 0. The molecule has 4 rings (SSSR count). The number of halogens is 3. The molecule has 0 saturated heterocycles. The number of alkyl halides is 3. The van der Waals surface area contributed by atoms with Gasteiger partial charge in [-0.05, 0) is 55.5 Å². The lowest BCUT2D eigenvalue weighted by atomic mass is 10.1. The van der Waals surface area contributed by atoms with E-state index in [1.165, 1.54) is 12.1 Å². The van der Waals surface area contributed by atoms with Crippen LogP contribution in [0.15, 0.2) is 78.9 Å². The smallest absolute Gasteiger partial charge is 0.416 e. The number of anilines is 3. The van der Waals surface area contributed by atoms with E-state index in [4.69, 9.17) is 9.72 Å². The fourth-order valence-electron chi connectivity index (χ4n) is 3.41. The van der Waals surface area contributed by atoms with E-state index in [2.05, 4.69) is 15.6 Å². The first kappa shape index (κ1) is 23.1. The molecule has 0 fully saturated rings. The van der Waals surface area contributed by atoms with Crippen LogP contribution in [0.5, 0.6) is 5.75 Å². The summed E-state index contributed by atoms with van der Waals surface area (Å²) < 4.78 is 43.8. The molecular weight excluding hydrogens is 441 g/mol. The maximum absolute atomic E-state index is 12.9. The first-order valence-electron chi connectivity index (χ1n) is 10.6. The van der Waals surface area contributed by atoms with Crippen LogP contribution in [0.4, 0.5) is 30.4 Å². The van der Waals surface area contributed by atoms with Gasteiger partial charge in [0.2, 0.25) is 0 Å². The summed E-state index contributed by atoms with van der Waals surface area (Å²) in [5.41, 5.74) is 3.13. The van der Waals surface area contributed by atoms with E-state index in [1.807, 2.05) is 61.5 Å². The molecule has 0 amide bonds. The van der Waals surface area contributed by atoms with Crippen molar-refractivity contribution in [1.82, 2.24) is 9.97 Å². The summed E-state index contributed by atoms with van der Waals surface area (Å²) in [6.45, 7) is 2.21. The molecule has 0 aliphatic carbocycles. The van der Waals surface area contributed by atoms with E-state index >= 15 is 0 Å². The molecule has 0 aliphatic heterocycles. The molecule has 0 bridgehead atoms. The summed E-state index contributed by atoms with van der Waals surface area (Å²) in [5, 5.41) is 6.52. The van der Waals surface area contributed by atoms with Crippen molar-refractivity contribution in [3.63, 3.8) is 0 Å². The Labute approximate surface area is 195 Å². The summed E-state index contributed by atoms with van der Waals surface area (Å²) in [7, 11) is 1.60. The van der Waals surface area contributed by atoms with Gasteiger partial charge in [0.05, 0.1) is 12.7 Å². The Morgan fingerprint density at radius 2 is 1.47 bits per heavy atom. The number of hydrogen-bond acceptors (Lipinski definition) is 5. The van der Waals surface area contributed by atoms with Gasteiger partial charge in [-0.1, -0.05) is 30.3 Å². The number of benzene rings is 3. The minimum absolute atomic E-state index is 0.324. The van der Waals surface area contributed by atoms with Gasteiger partial charge in [0.25, 0.3) is 0 Å². The van der Waals surface area contributed by atoms with Crippen LogP contribution in [-0.4, -0.2) is 17.1 Å². The van der Waals surface area contributed by atoms with Crippen LogP contribution in [-0.2, 0) is 12.7 Å². The highest BCUT2D eigenvalue weighted by atomic mass is 19.4. The average molecular weight is 464 g/mol. The van der Waals surface area contributed by atoms with Gasteiger partial charge in [0.1, 0.15) is 11.6 Å². The topological polar surface area (TPSA) is 59.1 Å². The first-order chi connectivity index (χ1) is 16.3. The molecule has 0 unspecified atom stereocenters. The molecule has 1 heterocycles. The minimum Gasteiger partial charge on any atom is -0.497 e. The van der Waals surface area contributed by atoms with Gasteiger partial charge in [0.15, 0.2) is 5.82 Å². The van der Waals surface area contributed by atoms with Crippen LogP contribution in [0.25, 0.3) is 11.4 Å². The number of rotatable bonds is 7. The molecule has 3 aromatic carbocycles. The number of hydrogen-bond donors (Lipinski definition) is 2. The fourth-order valence-corrected chi connectivity index (χ4v) is 3.41. The SMILES string of the molecule is COc1ccc(Nc2nc(-c3ccccc3)nc(C)c2CNc2ccc(C(F)(F)F)cc2)cc1. The van der Waals surface area contributed by atoms with Gasteiger partial charge in [-0.15, -0.1) is 0 Å².